The van der Waals surface area contributed by atoms with Gasteiger partial charge in [0.25, 0.3) is 5.56 Å². The van der Waals surface area contributed by atoms with Gasteiger partial charge in [0.05, 0.1) is 6.33 Å². The summed E-state index contributed by atoms with van der Waals surface area (Å²) in [6, 6.07) is 1.57. The molecule has 2 heterocycles. The molecule has 1 aromatic rings. The molecule has 0 bridgehead atoms. The van der Waals surface area contributed by atoms with E-state index in [0.29, 0.717) is 5.92 Å². The smallest absolute Gasteiger partial charge is 0.252 e. The highest BCUT2D eigenvalue weighted by Gasteiger charge is 2.20. The summed E-state index contributed by atoms with van der Waals surface area (Å²) in [6.07, 6.45) is 3.89. The summed E-state index contributed by atoms with van der Waals surface area (Å²) >= 11 is 0. The van der Waals surface area contributed by atoms with Crippen molar-refractivity contribution in [1.29, 1.82) is 0 Å². The molecule has 0 radical (unpaired) electrons. The maximum absolute atomic E-state index is 11.2. The zero-order valence-corrected chi connectivity index (χ0v) is 9.57. The average Bonchev–Trinajstić information content (AvgIpc) is 2.30. The molecule has 1 aliphatic rings. The van der Waals surface area contributed by atoms with Gasteiger partial charge in [-0.1, -0.05) is 0 Å². The van der Waals surface area contributed by atoms with Crippen molar-refractivity contribution in [2.75, 3.05) is 31.6 Å². The molecule has 1 aliphatic heterocycles. The number of piperidine rings is 1. The molecule has 0 aliphatic carbocycles. The maximum Gasteiger partial charge on any atom is 0.252 e. The summed E-state index contributed by atoms with van der Waals surface area (Å²) in [5, 5.41) is 3.21. The normalized spacial score (nSPS) is 21.1. The van der Waals surface area contributed by atoms with Crippen molar-refractivity contribution in [2.45, 2.75) is 12.8 Å². The molecule has 88 valence electrons. The summed E-state index contributed by atoms with van der Waals surface area (Å²) in [5.41, 5.74) is -0.0826. The number of nitrogens with zero attached hydrogens (tertiary/aromatic N) is 2. The minimum atomic E-state index is -0.0826. The van der Waals surface area contributed by atoms with Crippen LogP contribution in [-0.4, -0.2) is 36.6 Å². The highest BCUT2D eigenvalue weighted by Crippen LogP contribution is 2.19. The van der Waals surface area contributed by atoms with E-state index < -0.39 is 0 Å². The Morgan fingerprint density at radius 3 is 3.31 bits per heavy atom. The van der Waals surface area contributed by atoms with Crippen LogP contribution in [0.15, 0.2) is 17.2 Å². The van der Waals surface area contributed by atoms with Crippen LogP contribution in [0.2, 0.25) is 0 Å². The van der Waals surface area contributed by atoms with Gasteiger partial charge in [0.15, 0.2) is 0 Å². The second kappa shape index (κ2) is 5.12. The van der Waals surface area contributed by atoms with Gasteiger partial charge >= 0.3 is 0 Å². The van der Waals surface area contributed by atoms with E-state index in [0.717, 1.165) is 25.5 Å². The van der Waals surface area contributed by atoms with Crippen LogP contribution in [0.4, 0.5) is 5.82 Å². The van der Waals surface area contributed by atoms with Gasteiger partial charge in [0, 0.05) is 19.2 Å². The van der Waals surface area contributed by atoms with E-state index in [1.807, 2.05) is 7.05 Å². The number of aromatic nitrogens is 2. The van der Waals surface area contributed by atoms with Crippen LogP contribution in [0.1, 0.15) is 12.8 Å². The number of nitrogens with one attached hydrogen (secondary N) is 2. The summed E-state index contributed by atoms with van der Waals surface area (Å²) in [7, 11) is 1.98. The van der Waals surface area contributed by atoms with Gasteiger partial charge in [-0.05, 0) is 32.4 Å². The molecule has 2 N–H and O–H groups in total. The molecule has 1 unspecified atom stereocenters. The molecule has 1 aromatic heterocycles. The number of hydrogen-bond acceptors (Lipinski definition) is 4. The van der Waals surface area contributed by atoms with E-state index in [-0.39, 0.29) is 5.56 Å². The lowest BCUT2D eigenvalue weighted by molar-refractivity contribution is 0.401. The van der Waals surface area contributed by atoms with E-state index >= 15 is 0 Å². The lowest BCUT2D eigenvalue weighted by atomic mass is 9.98. The zero-order chi connectivity index (χ0) is 11.4. The lowest BCUT2D eigenvalue weighted by Crippen LogP contribution is -2.39. The largest absolute Gasteiger partial charge is 0.356 e. The molecule has 5 heteroatoms. The zero-order valence-electron chi connectivity index (χ0n) is 9.57. The van der Waals surface area contributed by atoms with Crippen molar-refractivity contribution in [1.82, 2.24) is 15.3 Å². The Balaban J connectivity index is 2.06. The van der Waals surface area contributed by atoms with Gasteiger partial charge in [-0.15, -0.1) is 0 Å². The Kier molecular flexibility index (Phi) is 3.56. The SMILES string of the molecule is CNCC1CCCN(c2cc(=O)[nH]cn2)C1. The molecule has 2 rings (SSSR count). The predicted octanol–water partition coefficient (Wildman–Crippen LogP) is 0.206. The first-order valence-electron chi connectivity index (χ1n) is 5.74. The minimum Gasteiger partial charge on any atom is -0.356 e. The molecule has 1 fully saturated rings. The Hall–Kier alpha value is -1.36. The first kappa shape index (κ1) is 11.1. The van der Waals surface area contributed by atoms with Crippen molar-refractivity contribution in [3.63, 3.8) is 0 Å². The Morgan fingerprint density at radius 1 is 1.69 bits per heavy atom. The van der Waals surface area contributed by atoms with Crippen LogP contribution in [0.3, 0.4) is 0 Å². The first-order valence-corrected chi connectivity index (χ1v) is 5.74. The van der Waals surface area contributed by atoms with E-state index in [4.69, 9.17) is 0 Å². The molecule has 0 spiro atoms. The van der Waals surface area contributed by atoms with E-state index in [1.165, 1.54) is 19.2 Å². The van der Waals surface area contributed by atoms with Gasteiger partial charge in [0.1, 0.15) is 5.82 Å². The number of anilines is 1. The van der Waals surface area contributed by atoms with Crippen molar-refractivity contribution in [3.05, 3.63) is 22.7 Å². The summed E-state index contributed by atoms with van der Waals surface area (Å²) in [6.45, 7) is 3.01. The molecule has 1 atom stereocenters. The van der Waals surface area contributed by atoms with Crippen LogP contribution in [0.5, 0.6) is 0 Å². The second-order valence-electron chi connectivity index (χ2n) is 4.28. The van der Waals surface area contributed by atoms with E-state index in [2.05, 4.69) is 20.2 Å². The van der Waals surface area contributed by atoms with Crippen LogP contribution in [0.25, 0.3) is 0 Å². The number of hydrogen-bond donors (Lipinski definition) is 2. The number of H-pyrrole nitrogens is 1. The molecule has 0 amide bonds. The molecule has 1 saturated heterocycles. The summed E-state index contributed by atoms with van der Waals surface area (Å²) in [5.74, 6) is 1.45. The topological polar surface area (TPSA) is 61.0 Å². The van der Waals surface area contributed by atoms with Gasteiger partial charge in [0.2, 0.25) is 0 Å². The van der Waals surface area contributed by atoms with Gasteiger partial charge in [-0.25, -0.2) is 4.98 Å². The average molecular weight is 222 g/mol. The summed E-state index contributed by atoms with van der Waals surface area (Å²) in [4.78, 5) is 20.1. The standard InChI is InChI=1S/C11H18N4O/c1-12-6-9-3-2-4-15(7-9)10-5-11(16)14-8-13-10/h5,8-9,12H,2-4,6-7H2,1H3,(H,13,14,16). The highest BCUT2D eigenvalue weighted by molar-refractivity contribution is 5.36. The number of rotatable bonds is 3. The molecule has 5 nitrogen and oxygen atoms in total. The van der Waals surface area contributed by atoms with Crippen molar-refractivity contribution in [3.8, 4) is 0 Å². The van der Waals surface area contributed by atoms with Crippen molar-refractivity contribution < 1.29 is 0 Å². The van der Waals surface area contributed by atoms with Crippen molar-refractivity contribution >= 4 is 5.82 Å². The third-order valence-corrected chi connectivity index (χ3v) is 3.00. The fourth-order valence-electron chi connectivity index (χ4n) is 2.26. The molecule has 16 heavy (non-hydrogen) atoms. The highest BCUT2D eigenvalue weighted by atomic mass is 16.1. The maximum atomic E-state index is 11.2. The third kappa shape index (κ3) is 2.61. The van der Waals surface area contributed by atoms with Gasteiger partial charge < -0.3 is 15.2 Å². The summed E-state index contributed by atoms with van der Waals surface area (Å²) < 4.78 is 0. The fraction of sp³-hybridized carbons (Fsp3) is 0.636. The molecule has 0 aromatic carbocycles. The van der Waals surface area contributed by atoms with Gasteiger partial charge in [-0.3, -0.25) is 4.79 Å². The first-order chi connectivity index (χ1) is 7.79. The van der Waals surface area contributed by atoms with E-state index in [9.17, 15) is 4.79 Å². The third-order valence-electron chi connectivity index (χ3n) is 3.00. The molecule has 0 saturated carbocycles. The monoisotopic (exact) mass is 222 g/mol. The molecular weight excluding hydrogens is 204 g/mol. The Bertz CT molecular complexity index is 388. The van der Waals surface area contributed by atoms with E-state index in [1.54, 1.807) is 6.07 Å². The van der Waals surface area contributed by atoms with Crippen LogP contribution >= 0.6 is 0 Å². The predicted molar refractivity (Wildman–Crippen MR) is 63.7 cm³/mol. The fourth-order valence-corrected chi connectivity index (χ4v) is 2.26. The quantitative estimate of drug-likeness (QED) is 0.767. The second-order valence-corrected chi connectivity index (χ2v) is 4.28. The minimum absolute atomic E-state index is 0.0826. The van der Waals surface area contributed by atoms with Crippen molar-refractivity contribution in [2.24, 2.45) is 5.92 Å². The van der Waals surface area contributed by atoms with Crippen LogP contribution in [0, 0.1) is 5.92 Å². The van der Waals surface area contributed by atoms with Crippen LogP contribution in [-0.2, 0) is 0 Å². The Labute approximate surface area is 94.9 Å². The number of aromatic amines is 1. The van der Waals surface area contributed by atoms with Crippen LogP contribution < -0.4 is 15.8 Å². The molecular formula is C11H18N4O. The lowest BCUT2D eigenvalue weighted by Gasteiger charge is -2.33. The van der Waals surface area contributed by atoms with Gasteiger partial charge in [-0.2, -0.15) is 0 Å². The Morgan fingerprint density at radius 2 is 2.56 bits per heavy atom.